The van der Waals surface area contributed by atoms with Crippen LogP contribution in [0.3, 0.4) is 0 Å². The number of nitrogens with zero attached hydrogens (tertiary/aromatic N) is 2. The van der Waals surface area contributed by atoms with Crippen LogP contribution in [0, 0.1) is 0 Å². The first-order chi connectivity index (χ1) is 13.9. The smallest absolute Gasteiger partial charge is 0.437 e. The van der Waals surface area contributed by atoms with Gasteiger partial charge in [0, 0.05) is 0 Å². The number of hydrogen-bond donors (Lipinski definition) is 1. The first-order valence-electron chi connectivity index (χ1n) is 7.66. The van der Waals surface area contributed by atoms with E-state index in [0.717, 1.165) is 18.4 Å². The maximum atomic E-state index is 13.5. The Bertz CT molecular complexity index is 1140. The fraction of sp³-hybridized carbons (Fsp3) is 0.188. The molecule has 0 fully saturated rings. The fourth-order valence-electron chi connectivity index (χ4n) is 2.30. The van der Waals surface area contributed by atoms with Gasteiger partial charge in [0.05, 0.1) is 17.7 Å². The van der Waals surface area contributed by atoms with Crippen molar-refractivity contribution in [1.29, 1.82) is 0 Å². The van der Waals surface area contributed by atoms with Gasteiger partial charge in [-0.3, -0.25) is 4.79 Å². The molecule has 1 aromatic carbocycles. The molecule has 0 spiro atoms. The van der Waals surface area contributed by atoms with E-state index in [1.165, 1.54) is 7.11 Å². The van der Waals surface area contributed by atoms with Gasteiger partial charge in [-0.25, -0.2) is 4.98 Å². The van der Waals surface area contributed by atoms with Gasteiger partial charge in [-0.05, 0) is 18.2 Å². The zero-order valence-corrected chi connectivity index (χ0v) is 15.2. The second kappa shape index (κ2) is 7.55. The predicted octanol–water partition coefficient (Wildman–Crippen LogP) is 4.92. The minimum Gasteiger partial charge on any atom is -0.491 e. The molecule has 0 bridgehead atoms. The quantitative estimate of drug-likeness (QED) is 0.562. The lowest BCUT2D eigenvalue weighted by atomic mass is 10.2. The van der Waals surface area contributed by atoms with E-state index in [-0.39, 0.29) is 11.4 Å². The van der Waals surface area contributed by atoms with Gasteiger partial charge in [0.2, 0.25) is 5.75 Å². The lowest BCUT2D eigenvalue weighted by Crippen LogP contribution is -2.21. The predicted molar refractivity (Wildman–Crippen MR) is 88.4 cm³/mol. The van der Waals surface area contributed by atoms with Gasteiger partial charge >= 0.3 is 12.4 Å². The summed E-state index contributed by atoms with van der Waals surface area (Å²) < 4.78 is 93.6. The van der Waals surface area contributed by atoms with Crippen LogP contribution in [0.1, 0.15) is 11.3 Å². The topological polar surface area (TPSA) is 90.2 Å². The van der Waals surface area contributed by atoms with Crippen molar-refractivity contribution < 1.29 is 40.3 Å². The standard InChI is InChI=1S/C16H8ClF6N3O4/c1-28-9-5-29-26-10(9)13-24-12(16(21,22)23)11(14(27)25-13)30-6-2-3-8(17)7(4-6)15(18,19)20/h2-5H,1H3,(H,24,25,27). The second-order valence-electron chi connectivity index (χ2n) is 5.56. The zero-order valence-electron chi connectivity index (χ0n) is 14.5. The molecule has 160 valence electrons. The molecule has 0 aliphatic heterocycles. The molecular formula is C16H8ClF6N3O4. The number of hydrogen-bond acceptors (Lipinski definition) is 6. The molecular weight excluding hydrogens is 448 g/mol. The van der Waals surface area contributed by atoms with Crippen molar-refractivity contribution >= 4 is 11.6 Å². The van der Waals surface area contributed by atoms with Crippen molar-refractivity contribution in [3.8, 4) is 28.8 Å². The van der Waals surface area contributed by atoms with E-state index in [2.05, 4.69) is 14.7 Å². The van der Waals surface area contributed by atoms with E-state index in [0.29, 0.717) is 6.07 Å². The largest absolute Gasteiger partial charge is 0.491 e. The average molecular weight is 456 g/mol. The highest BCUT2D eigenvalue weighted by molar-refractivity contribution is 6.31. The number of H-pyrrole nitrogens is 1. The van der Waals surface area contributed by atoms with Crippen molar-refractivity contribution in [2.45, 2.75) is 12.4 Å². The van der Waals surface area contributed by atoms with Gasteiger partial charge in [-0.2, -0.15) is 26.3 Å². The number of benzene rings is 1. The lowest BCUT2D eigenvalue weighted by molar-refractivity contribution is -0.142. The summed E-state index contributed by atoms with van der Waals surface area (Å²) in [5.74, 6) is -2.86. The minimum atomic E-state index is -5.20. The van der Waals surface area contributed by atoms with Gasteiger partial charge in [-0.15, -0.1) is 0 Å². The Kier molecular flexibility index (Phi) is 5.41. The van der Waals surface area contributed by atoms with Gasteiger partial charge in [-0.1, -0.05) is 16.8 Å². The van der Waals surface area contributed by atoms with Gasteiger partial charge in [0.25, 0.3) is 5.56 Å². The third-order valence-electron chi connectivity index (χ3n) is 3.59. The Morgan fingerprint density at radius 3 is 2.43 bits per heavy atom. The molecule has 3 rings (SSSR count). The molecule has 7 nitrogen and oxygen atoms in total. The summed E-state index contributed by atoms with van der Waals surface area (Å²) >= 11 is 5.46. The van der Waals surface area contributed by atoms with E-state index in [9.17, 15) is 31.1 Å². The Labute approximate surface area is 167 Å². The van der Waals surface area contributed by atoms with Crippen LogP contribution in [0.2, 0.25) is 5.02 Å². The van der Waals surface area contributed by atoms with Gasteiger partial charge in [0.15, 0.2) is 29.2 Å². The number of nitrogens with one attached hydrogen (secondary N) is 1. The maximum Gasteiger partial charge on any atom is 0.437 e. The molecule has 3 aromatic rings. The van der Waals surface area contributed by atoms with Crippen LogP contribution in [0.25, 0.3) is 11.5 Å². The van der Waals surface area contributed by atoms with Crippen molar-refractivity contribution in [2.24, 2.45) is 0 Å². The molecule has 30 heavy (non-hydrogen) atoms. The summed E-state index contributed by atoms with van der Waals surface area (Å²) in [6, 6.07) is 1.99. The summed E-state index contributed by atoms with van der Waals surface area (Å²) in [5.41, 5.74) is -4.92. The van der Waals surface area contributed by atoms with Crippen LogP contribution in [0.5, 0.6) is 17.2 Å². The Balaban J connectivity index is 2.13. The first kappa shape index (κ1) is 21.5. The third kappa shape index (κ3) is 4.20. The summed E-state index contributed by atoms with van der Waals surface area (Å²) in [7, 11) is 1.18. The molecule has 0 unspecified atom stereocenters. The molecule has 0 aliphatic carbocycles. The molecule has 2 aromatic heterocycles. The van der Waals surface area contributed by atoms with Crippen molar-refractivity contribution in [3.63, 3.8) is 0 Å². The van der Waals surface area contributed by atoms with Crippen LogP contribution in [0.4, 0.5) is 26.3 Å². The number of ether oxygens (including phenoxy) is 2. The Hall–Kier alpha value is -3.22. The average Bonchev–Trinajstić information content (AvgIpc) is 3.11. The van der Waals surface area contributed by atoms with Gasteiger partial charge < -0.3 is 19.0 Å². The number of rotatable bonds is 4. The second-order valence-corrected chi connectivity index (χ2v) is 5.97. The van der Waals surface area contributed by atoms with Crippen molar-refractivity contribution in [2.75, 3.05) is 7.11 Å². The van der Waals surface area contributed by atoms with E-state index < -0.39 is 51.5 Å². The fourth-order valence-corrected chi connectivity index (χ4v) is 2.52. The van der Waals surface area contributed by atoms with Crippen LogP contribution < -0.4 is 15.0 Å². The monoisotopic (exact) mass is 455 g/mol. The third-order valence-corrected chi connectivity index (χ3v) is 3.92. The lowest BCUT2D eigenvalue weighted by Gasteiger charge is -2.15. The van der Waals surface area contributed by atoms with E-state index >= 15 is 0 Å². The number of halogens is 7. The summed E-state index contributed by atoms with van der Waals surface area (Å²) in [6.07, 6.45) is -9.14. The van der Waals surface area contributed by atoms with E-state index in [1.807, 2.05) is 4.98 Å². The van der Waals surface area contributed by atoms with E-state index in [4.69, 9.17) is 21.1 Å². The zero-order chi connectivity index (χ0) is 22.3. The molecule has 0 saturated carbocycles. The SMILES string of the molecule is COc1conc1-c1nc(C(F)(F)F)c(Oc2ccc(Cl)c(C(F)(F)F)c2)c(=O)[nH]1. The molecule has 0 radical (unpaired) electrons. The van der Waals surface area contributed by atoms with E-state index in [1.54, 1.807) is 0 Å². The highest BCUT2D eigenvalue weighted by atomic mass is 35.5. The molecule has 0 atom stereocenters. The van der Waals surface area contributed by atoms with Crippen molar-refractivity contribution in [3.05, 3.63) is 51.1 Å². The van der Waals surface area contributed by atoms with Crippen LogP contribution in [0.15, 0.2) is 33.8 Å². The highest BCUT2D eigenvalue weighted by Gasteiger charge is 2.40. The Morgan fingerprint density at radius 2 is 1.83 bits per heavy atom. The van der Waals surface area contributed by atoms with Crippen LogP contribution in [-0.4, -0.2) is 22.2 Å². The number of aromatic nitrogens is 3. The van der Waals surface area contributed by atoms with Crippen LogP contribution in [-0.2, 0) is 12.4 Å². The number of methoxy groups -OCH3 is 1. The van der Waals surface area contributed by atoms with Gasteiger partial charge in [0.1, 0.15) is 5.75 Å². The number of alkyl halides is 6. The molecule has 2 heterocycles. The minimum absolute atomic E-state index is 0.118. The normalized spacial score (nSPS) is 12.1. The summed E-state index contributed by atoms with van der Waals surface area (Å²) in [4.78, 5) is 17.6. The molecule has 0 aliphatic rings. The molecule has 0 amide bonds. The Morgan fingerprint density at radius 1 is 1.13 bits per heavy atom. The maximum absolute atomic E-state index is 13.5. The highest BCUT2D eigenvalue weighted by Crippen LogP contribution is 2.40. The number of aromatic amines is 1. The molecule has 1 N–H and O–H groups in total. The van der Waals surface area contributed by atoms with Crippen molar-refractivity contribution in [1.82, 2.24) is 15.1 Å². The molecule has 14 heteroatoms. The first-order valence-corrected chi connectivity index (χ1v) is 8.04. The summed E-state index contributed by atoms with van der Waals surface area (Å²) in [5, 5.41) is 2.70. The van der Waals surface area contributed by atoms with Crippen LogP contribution >= 0.6 is 11.6 Å². The molecule has 0 saturated heterocycles. The summed E-state index contributed by atoms with van der Waals surface area (Å²) in [6.45, 7) is 0.